The molecule has 1 aromatic carbocycles. The molecule has 2 rings (SSSR count). The SMILES string of the molecule is CC(C)NC(=O)NC(Cc1ccccc1)[C@H](O)C(=O)N1CSC(C)(C)C1C(=O)O. The van der Waals surface area contributed by atoms with E-state index in [4.69, 9.17) is 0 Å². The molecule has 1 aliphatic heterocycles. The number of aliphatic hydroxyl groups excluding tert-OH is 1. The van der Waals surface area contributed by atoms with E-state index in [1.165, 1.54) is 16.7 Å². The topological polar surface area (TPSA) is 119 Å². The van der Waals surface area contributed by atoms with Gasteiger partial charge >= 0.3 is 12.0 Å². The van der Waals surface area contributed by atoms with Gasteiger partial charge in [-0.15, -0.1) is 11.8 Å². The molecule has 1 saturated heterocycles. The fraction of sp³-hybridized carbons (Fsp3) is 0.550. The number of carboxylic acid groups (broad SMARTS) is 1. The lowest BCUT2D eigenvalue weighted by molar-refractivity contribution is -0.154. The zero-order valence-corrected chi connectivity index (χ0v) is 17.9. The standard InChI is InChI=1S/C20H29N3O5S/c1-12(2)21-19(28)22-14(10-13-8-6-5-7-9-13)15(24)17(25)23-11-29-20(3,4)16(23)18(26)27/h5-9,12,14-16,24H,10-11H2,1-4H3,(H,26,27)(H2,21,22,28)/t14?,15-,16?/m0/s1. The second-order valence-corrected chi connectivity index (χ2v) is 9.54. The largest absolute Gasteiger partial charge is 0.480 e. The Bertz CT molecular complexity index is 741. The van der Waals surface area contributed by atoms with E-state index >= 15 is 0 Å². The van der Waals surface area contributed by atoms with Gasteiger partial charge in [0, 0.05) is 10.8 Å². The van der Waals surface area contributed by atoms with Crippen molar-refractivity contribution in [1.29, 1.82) is 0 Å². The fourth-order valence-electron chi connectivity index (χ4n) is 3.31. The van der Waals surface area contributed by atoms with Gasteiger partial charge in [-0.2, -0.15) is 0 Å². The third-order valence-corrected chi connectivity index (χ3v) is 6.11. The van der Waals surface area contributed by atoms with Crippen molar-refractivity contribution in [2.24, 2.45) is 0 Å². The van der Waals surface area contributed by atoms with E-state index in [1.807, 2.05) is 30.3 Å². The summed E-state index contributed by atoms with van der Waals surface area (Å²) in [5.41, 5.74) is 0.833. The normalized spacial score (nSPS) is 20.2. The third kappa shape index (κ3) is 5.86. The first-order valence-corrected chi connectivity index (χ1v) is 10.5. The third-order valence-electron chi connectivity index (χ3n) is 4.73. The number of nitrogens with zero attached hydrogens (tertiary/aromatic N) is 1. The summed E-state index contributed by atoms with van der Waals surface area (Å²) in [6, 6.07) is 6.58. The van der Waals surface area contributed by atoms with Crippen molar-refractivity contribution in [2.75, 3.05) is 5.88 Å². The van der Waals surface area contributed by atoms with Gasteiger partial charge in [0.25, 0.3) is 5.91 Å². The van der Waals surface area contributed by atoms with E-state index in [9.17, 15) is 24.6 Å². The van der Waals surface area contributed by atoms with Gasteiger partial charge in [-0.05, 0) is 39.7 Å². The number of thioether (sulfide) groups is 1. The molecule has 9 heteroatoms. The van der Waals surface area contributed by atoms with Crippen LogP contribution in [0, 0.1) is 0 Å². The minimum atomic E-state index is -1.58. The van der Waals surface area contributed by atoms with Crippen molar-refractivity contribution in [1.82, 2.24) is 15.5 Å². The molecule has 3 amide bonds. The summed E-state index contributed by atoms with van der Waals surface area (Å²) in [7, 11) is 0. The number of rotatable bonds is 7. The molecule has 1 heterocycles. The summed E-state index contributed by atoms with van der Waals surface area (Å²) in [6.45, 7) is 7.11. The molecule has 0 bridgehead atoms. The average molecular weight is 424 g/mol. The lowest BCUT2D eigenvalue weighted by atomic mass is 9.98. The maximum Gasteiger partial charge on any atom is 0.327 e. The van der Waals surface area contributed by atoms with Crippen LogP contribution in [0.15, 0.2) is 30.3 Å². The van der Waals surface area contributed by atoms with Gasteiger partial charge in [-0.25, -0.2) is 9.59 Å². The van der Waals surface area contributed by atoms with E-state index in [1.54, 1.807) is 27.7 Å². The van der Waals surface area contributed by atoms with E-state index in [0.29, 0.717) is 0 Å². The van der Waals surface area contributed by atoms with E-state index in [-0.39, 0.29) is 18.3 Å². The van der Waals surface area contributed by atoms with Gasteiger partial charge in [0.15, 0.2) is 6.10 Å². The first-order chi connectivity index (χ1) is 13.5. The van der Waals surface area contributed by atoms with Crippen molar-refractivity contribution in [3.05, 3.63) is 35.9 Å². The Balaban J connectivity index is 2.22. The van der Waals surface area contributed by atoms with Gasteiger partial charge in [0.05, 0.1) is 11.9 Å². The van der Waals surface area contributed by atoms with E-state index in [0.717, 1.165) is 5.56 Å². The number of benzene rings is 1. The molecule has 2 unspecified atom stereocenters. The second-order valence-electron chi connectivity index (χ2n) is 7.94. The Kier molecular flexibility index (Phi) is 7.54. The number of hydrogen-bond acceptors (Lipinski definition) is 5. The molecule has 160 valence electrons. The van der Waals surface area contributed by atoms with Crippen LogP contribution in [0.3, 0.4) is 0 Å². The molecule has 0 aromatic heterocycles. The monoisotopic (exact) mass is 423 g/mol. The highest BCUT2D eigenvalue weighted by molar-refractivity contribution is 8.00. The van der Waals surface area contributed by atoms with Gasteiger partial charge in [0.2, 0.25) is 0 Å². The average Bonchev–Trinajstić information content (AvgIpc) is 2.95. The number of urea groups is 1. The molecule has 0 saturated carbocycles. The molecule has 4 N–H and O–H groups in total. The number of carbonyl (C=O) groups is 3. The lowest BCUT2D eigenvalue weighted by Crippen LogP contribution is -2.58. The van der Waals surface area contributed by atoms with Crippen LogP contribution in [0.1, 0.15) is 33.3 Å². The molecule has 1 aromatic rings. The van der Waals surface area contributed by atoms with Crippen LogP contribution in [0.4, 0.5) is 4.79 Å². The van der Waals surface area contributed by atoms with E-state index < -0.39 is 40.8 Å². The Morgan fingerprint density at radius 2 is 1.83 bits per heavy atom. The van der Waals surface area contributed by atoms with Crippen molar-refractivity contribution < 1.29 is 24.6 Å². The smallest absolute Gasteiger partial charge is 0.327 e. The van der Waals surface area contributed by atoms with Crippen LogP contribution in [-0.2, 0) is 16.0 Å². The van der Waals surface area contributed by atoms with Crippen molar-refractivity contribution in [3.8, 4) is 0 Å². The molecule has 0 aliphatic carbocycles. The molecule has 29 heavy (non-hydrogen) atoms. The van der Waals surface area contributed by atoms with Crippen LogP contribution < -0.4 is 10.6 Å². The highest BCUT2D eigenvalue weighted by Gasteiger charge is 2.50. The van der Waals surface area contributed by atoms with Crippen molar-refractivity contribution in [3.63, 3.8) is 0 Å². The minimum absolute atomic E-state index is 0.118. The highest BCUT2D eigenvalue weighted by atomic mass is 32.2. The first-order valence-electron chi connectivity index (χ1n) is 9.49. The molecule has 0 radical (unpaired) electrons. The molecule has 3 atom stereocenters. The number of hydrogen-bond donors (Lipinski definition) is 4. The Morgan fingerprint density at radius 1 is 1.21 bits per heavy atom. The predicted molar refractivity (Wildman–Crippen MR) is 112 cm³/mol. The number of aliphatic hydroxyl groups is 1. The van der Waals surface area contributed by atoms with E-state index in [2.05, 4.69) is 10.6 Å². The summed E-state index contributed by atoms with van der Waals surface area (Å²) in [6.07, 6.45) is -1.36. The Morgan fingerprint density at radius 3 is 2.38 bits per heavy atom. The van der Waals surface area contributed by atoms with Crippen LogP contribution >= 0.6 is 11.8 Å². The maximum atomic E-state index is 13.0. The summed E-state index contributed by atoms with van der Waals surface area (Å²) in [4.78, 5) is 38.2. The molecule has 0 spiro atoms. The number of nitrogens with one attached hydrogen (secondary N) is 2. The quantitative estimate of drug-likeness (QED) is 0.527. The highest BCUT2D eigenvalue weighted by Crippen LogP contribution is 2.39. The van der Waals surface area contributed by atoms with Gasteiger partial charge in [-0.1, -0.05) is 30.3 Å². The number of amides is 3. The number of aliphatic carboxylic acids is 1. The van der Waals surface area contributed by atoms with Gasteiger partial charge in [0.1, 0.15) is 6.04 Å². The fourth-order valence-corrected chi connectivity index (χ4v) is 4.44. The second kappa shape index (κ2) is 9.49. The number of carboxylic acids is 1. The Labute approximate surface area is 175 Å². The molecular weight excluding hydrogens is 394 g/mol. The summed E-state index contributed by atoms with van der Waals surface area (Å²) >= 11 is 1.34. The zero-order chi connectivity index (χ0) is 21.8. The predicted octanol–water partition coefficient (Wildman–Crippen LogP) is 1.43. The molecule has 1 fully saturated rings. The summed E-state index contributed by atoms with van der Waals surface area (Å²) in [5, 5.41) is 25.8. The van der Waals surface area contributed by atoms with Crippen LogP contribution in [0.25, 0.3) is 0 Å². The van der Waals surface area contributed by atoms with Crippen LogP contribution in [-0.4, -0.2) is 67.9 Å². The molecule has 8 nitrogen and oxygen atoms in total. The van der Waals surface area contributed by atoms with Crippen LogP contribution in [0.5, 0.6) is 0 Å². The minimum Gasteiger partial charge on any atom is -0.480 e. The first kappa shape index (κ1) is 23.0. The zero-order valence-electron chi connectivity index (χ0n) is 17.1. The lowest BCUT2D eigenvalue weighted by Gasteiger charge is -2.31. The molecule has 1 aliphatic rings. The molecular formula is C20H29N3O5S. The van der Waals surface area contributed by atoms with Gasteiger partial charge in [-0.3, -0.25) is 4.79 Å². The van der Waals surface area contributed by atoms with Gasteiger partial charge < -0.3 is 25.7 Å². The summed E-state index contributed by atoms with van der Waals surface area (Å²) in [5.74, 6) is -1.66. The maximum absolute atomic E-state index is 13.0. The summed E-state index contributed by atoms with van der Waals surface area (Å²) < 4.78 is -0.682. The Hall–Kier alpha value is -2.26. The van der Waals surface area contributed by atoms with Crippen molar-refractivity contribution in [2.45, 2.75) is 63.1 Å². The van der Waals surface area contributed by atoms with Crippen molar-refractivity contribution >= 4 is 29.7 Å². The van der Waals surface area contributed by atoms with Crippen LogP contribution in [0.2, 0.25) is 0 Å². The number of carbonyl (C=O) groups excluding carboxylic acids is 2.